The first-order valence-electron chi connectivity index (χ1n) is 10.1. The molecule has 0 spiro atoms. The van der Waals surface area contributed by atoms with E-state index in [1.165, 1.54) is 0 Å². The Balaban J connectivity index is 1.60. The van der Waals surface area contributed by atoms with Crippen LogP contribution < -0.4 is 9.62 Å². The Bertz CT molecular complexity index is 1170. The van der Waals surface area contributed by atoms with Gasteiger partial charge in [0, 0.05) is 24.8 Å². The van der Waals surface area contributed by atoms with Crippen LogP contribution in [0.15, 0.2) is 52.2 Å². The van der Waals surface area contributed by atoms with Gasteiger partial charge in [0.05, 0.1) is 34.6 Å². The van der Waals surface area contributed by atoms with Crippen LogP contribution in [0.2, 0.25) is 0 Å². The minimum absolute atomic E-state index is 0.663. The largest absolute Gasteiger partial charge is 0.588 e. The molecule has 0 amide bonds. The van der Waals surface area contributed by atoms with E-state index >= 15 is 0 Å². The fraction of sp³-hybridized carbons (Fsp3) is 0.261. The summed E-state index contributed by atoms with van der Waals surface area (Å²) in [6, 6.07) is 9.26. The molecule has 1 aliphatic heterocycles. The molecular weight excluding hydrogens is 490 g/mol. The maximum atomic E-state index is 12.8. The van der Waals surface area contributed by atoms with Crippen LogP contribution in [0, 0.1) is 25.7 Å². The molecule has 0 radical (unpaired) electrons. The van der Waals surface area contributed by atoms with Crippen molar-refractivity contribution < 1.29 is 9.29 Å². The van der Waals surface area contributed by atoms with Gasteiger partial charge in [0.15, 0.2) is 4.90 Å². The van der Waals surface area contributed by atoms with Gasteiger partial charge in [-0.2, -0.15) is 0 Å². The minimum atomic E-state index is -1.44. The molecule has 3 aromatic rings. The van der Waals surface area contributed by atoms with Gasteiger partial charge in [-0.15, -0.1) is 0 Å². The summed E-state index contributed by atoms with van der Waals surface area (Å²) in [7, 11) is 0. The van der Waals surface area contributed by atoms with Crippen LogP contribution in [-0.4, -0.2) is 45.8 Å². The number of anilines is 2. The summed E-state index contributed by atoms with van der Waals surface area (Å²) in [5.74, 6) is 7.22. The lowest BCUT2D eigenvalue weighted by molar-refractivity contribution is 0.122. The highest BCUT2D eigenvalue weighted by Crippen LogP contribution is 2.25. The molecule has 1 atom stereocenters. The zero-order valence-electron chi connectivity index (χ0n) is 17.8. The van der Waals surface area contributed by atoms with Crippen molar-refractivity contribution in [2.45, 2.75) is 18.7 Å². The van der Waals surface area contributed by atoms with E-state index in [1.54, 1.807) is 12.5 Å². The van der Waals surface area contributed by atoms with Gasteiger partial charge >= 0.3 is 0 Å². The first-order chi connectivity index (χ1) is 15.5. The molecule has 2 aromatic heterocycles. The monoisotopic (exact) mass is 511 g/mol. The number of aromatic nitrogens is 3. The van der Waals surface area contributed by atoms with E-state index in [0.717, 1.165) is 40.3 Å². The minimum Gasteiger partial charge on any atom is -0.588 e. The van der Waals surface area contributed by atoms with E-state index in [9.17, 15) is 4.55 Å². The predicted molar refractivity (Wildman–Crippen MR) is 129 cm³/mol. The van der Waals surface area contributed by atoms with Crippen molar-refractivity contribution in [1.29, 1.82) is 0 Å². The molecule has 1 aromatic carbocycles. The van der Waals surface area contributed by atoms with Crippen molar-refractivity contribution in [3.63, 3.8) is 0 Å². The summed E-state index contributed by atoms with van der Waals surface area (Å²) in [4.78, 5) is 16.0. The molecule has 0 aliphatic carbocycles. The van der Waals surface area contributed by atoms with E-state index < -0.39 is 11.4 Å². The molecular formula is C23H22BrN5O2S. The van der Waals surface area contributed by atoms with Crippen LogP contribution in [0.5, 0.6) is 0 Å². The Kier molecular flexibility index (Phi) is 7.27. The number of nitrogens with one attached hydrogen (secondary N) is 1. The summed E-state index contributed by atoms with van der Waals surface area (Å²) in [6.45, 7) is 6.67. The second-order valence-corrected chi connectivity index (χ2v) is 9.20. The second kappa shape index (κ2) is 10.3. The summed E-state index contributed by atoms with van der Waals surface area (Å²) in [5, 5.41) is 0. The van der Waals surface area contributed by atoms with E-state index in [-0.39, 0.29) is 0 Å². The molecule has 0 bridgehead atoms. The normalized spacial score (nSPS) is 14.4. The van der Waals surface area contributed by atoms with Crippen molar-refractivity contribution in [3.8, 4) is 11.8 Å². The zero-order chi connectivity index (χ0) is 22.5. The number of aryl methyl sites for hydroxylation is 2. The Morgan fingerprint density at radius 3 is 2.66 bits per heavy atom. The summed E-state index contributed by atoms with van der Waals surface area (Å²) in [6.07, 6.45) is 3.28. The predicted octanol–water partition coefficient (Wildman–Crippen LogP) is 3.62. The number of nitrogens with zero attached hydrogens (tertiary/aromatic N) is 4. The Morgan fingerprint density at radius 1 is 1.09 bits per heavy atom. The summed E-state index contributed by atoms with van der Waals surface area (Å²) >= 11 is 2.01. The van der Waals surface area contributed by atoms with Crippen molar-refractivity contribution in [1.82, 2.24) is 15.0 Å². The van der Waals surface area contributed by atoms with Crippen molar-refractivity contribution in [2.24, 2.45) is 0 Å². The molecule has 1 unspecified atom stereocenters. The van der Waals surface area contributed by atoms with Gasteiger partial charge in [-0.25, -0.2) is 14.7 Å². The van der Waals surface area contributed by atoms with Crippen molar-refractivity contribution in [3.05, 3.63) is 69.8 Å². The third-order valence-electron chi connectivity index (χ3n) is 4.99. The third-order valence-corrected chi connectivity index (χ3v) is 7.10. The molecule has 1 N–H and O–H groups in total. The van der Waals surface area contributed by atoms with Crippen LogP contribution in [0.4, 0.5) is 11.5 Å². The topological polar surface area (TPSA) is 86.2 Å². The maximum Gasteiger partial charge on any atom is 0.194 e. The standard InChI is InChI=1S/C23H22BrN5O2S/c1-16-19(23(27-15-26-16)29-9-11-31-12-10-29)8-7-18-13-21(17(2)25-14-18)28-32(30)22-6-4-3-5-20(22)24/h3-6,13-15,28H,9-12H2,1-2H3. The van der Waals surface area contributed by atoms with Crippen LogP contribution in [0.25, 0.3) is 0 Å². The van der Waals surface area contributed by atoms with Crippen molar-refractivity contribution in [2.75, 3.05) is 35.9 Å². The fourth-order valence-corrected chi connectivity index (χ4v) is 4.90. The lowest BCUT2D eigenvalue weighted by Gasteiger charge is -2.28. The molecule has 4 rings (SSSR count). The average molecular weight is 512 g/mol. The summed E-state index contributed by atoms with van der Waals surface area (Å²) in [5.41, 5.74) is 3.73. The van der Waals surface area contributed by atoms with Gasteiger partial charge < -0.3 is 14.2 Å². The van der Waals surface area contributed by atoms with Gasteiger partial charge in [0.2, 0.25) is 0 Å². The highest BCUT2D eigenvalue weighted by molar-refractivity contribution is 9.10. The molecule has 7 nitrogen and oxygen atoms in total. The first kappa shape index (κ1) is 22.6. The fourth-order valence-electron chi connectivity index (χ4n) is 3.21. The van der Waals surface area contributed by atoms with E-state index in [2.05, 4.69) is 52.3 Å². The molecule has 164 valence electrons. The van der Waals surface area contributed by atoms with E-state index in [4.69, 9.17) is 4.74 Å². The molecule has 0 saturated carbocycles. The number of benzene rings is 1. The lowest BCUT2D eigenvalue weighted by Crippen LogP contribution is -2.37. The van der Waals surface area contributed by atoms with Crippen molar-refractivity contribution >= 4 is 38.8 Å². The number of ether oxygens (including phenoxy) is 1. The molecule has 9 heteroatoms. The van der Waals surface area contributed by atoms with Crippen LogP contribution in [-0.2, 0) is 16.1 Å². The van der Waals surface area contributed by atoms with Crippen LogP contribution in [0.1, 0.15) is 22.5 Å². The van der Waals surface area contributed by atoms with E-state index in [1.807, 2.05) is 44.2 Å². The number of hydrogen-bond donors (Lipinski definition) is 1. The van der Waals surface area contributed by atoms with Gasteiger partial charge in [-0.05, 0) is 48.0 Å². The second-order valence-electron chi connectivity index (χ2n) is 7.17. The van der Waals surface area contributed by atoms with Gasteiger partial charge in [0.25, 0.3) is 0 Å². The maximum absolute atomic E-state index is 12.8. The third kappa shape index (κ3) is 5.22. The number of morpholine rings is 1. The van der Waals surface area contributed by atoms with Gasteiger partial charge in [0.1, 0.15) is 29.2 Å². The molecule has 3 heterocycles. The zero-order valence-corrected chi connectivity index (χ0v) is 20.2. The van der Waals surface area contributed by atoms with Crippen LogP contribution in [0.3, 0.4) is 0 Å². The number of hydrogen-bond acceptors (Lipinski definition) is 7. The number of rotatable bonds is 4. The number of pyridine rings is 1. The van der Waals surface area contributed by atoms with E-state index in [0.29, 0.717) is 29.4 Å². The molecule has 1 saturated heterocycles. The molecule has 1 aliphatic rings. The highest BCUT2D eigenvalue weighted by Gasteiger charge is 2.18. The molecule has 1 fully saturated rings. The SMILES string of the molecule is Cc1ncc(C#Cc2c(C)ncnc2N2CCOCC2)cc1N[S+]([O-])c1ccccc1Br. The van der Waals surface area contributed by atoms with Crippen LogP contribution >= 0.6 is 15.9 Å². The quantitative estimate of drug-likeness (QED) is 0.422. The Morgan fingerprint density at radius 2 is 1.88 bits per heavy atom. The number of halogens is 1. The lowest BCUT2D eigenvalue weighted by atomic mass is 10.1. The molecule has 32 heavy (non-hydrogen) atoms. The smallest absolute Gasteiger partial charge is 0.194 e. The van der Waals surface area contributed by atoms with Gasteiger partial charge in [-0.3, -0.25) is 4.98 Å². The van der Waals surface area contributed by atoms with Gasteiger partial charge in [-0.1, -0.05) is 24.0 Å². The summed E-state index contributed by atoms with van der Waals surface area (Å²) < 4.78 is 22.1. The Labute approximate surface area is 199 Å². The Hall–Kier alpha value is -2.64. The first-order valence-corrected chi connectivity index (χ1v) is 12.0. The highest BCUT2D eigenvalue weighted by atomic mass is 79.9. The average Bonchev–Trinajstić information content (AvgIpc) is 2.81.